The van der Waals surface area contributed by atoms with Crippen molar-refractivity contribution >= 4 is 5.91 Å². The molecule has 6 heteroatoms. The van der Waals surface area contributed by atoms with Gasteiger partial charge in [0.25, 0.3) is 5.91 Å². The van der Waals surface area contributed by atoms with E-state index < -0.39 is 0 Å². The maximum Gasteiger partial charge on any atom is 0.253 e. The Hall–Kier alpha value is -1.63. The maximum atomic E-state index is 12.7. The Morgan fingerprint density at radius 3 is 2.62 bits per heavy atom. The van der Waals surface area contributed by atoms with E-state index in [9.17, 15) is 4.79 Å². The lowest BCUT2D eigenvalue weighted by Crippen LogP contribution is -2.49. The van der Waals surface area contributed by atoms with Crippen LogP contribution in [0.15, 0.2) is 24.3 Å². The minimum absolute atomic E-state index is 0.121. The molecule has 1 unspecified atom stereocenters. The first-order chi connectivity index (χ1) is 11.8. The van der Waals surface area contributed by atoms with Crippen LogP contribution in [0.4, 0.5) is 0 Å². The minimum atomic E-state index is 0.121. The molecule has 0 aromatic heterocycles. The van der Waals surface area contributed by atoms with Crippen molar-refractivity contribution in [2.45, 2.75) is 12.5 Å². The van der Waals surface area contributed by atoms with Crippen LogP contribution >= 0.6 is 0 Å². The summed E-state index contributed by atoms with van der Waals surface area (Å²) in [4.78, 5) is 17.2. The van der Waals surface area contributed by atoms with E-state index in [-0.39, 0.29) is 5.91 Å². The number of amides is 1. The fourth-order valence-electron chi connectivity index (χ4n) is 3.39. The molecule has 0 spiro atoms. The number of nitrogens with zero attached hydrogens (tertiary/aromatic N) is 2. The van der Waals surface area contributed by atoms with Gasteiger partial charge in [0.15, 0.2) is 0 Å². The summed E-state index contributed by atoms with van der Waals surface area (Å²) in [6.45, 7) is 7.03. The van der Waals surface area contributed by atoms with Crippen molar-refractivity contribution < 1.29 is 14.3 Å². The van der Waals surface area contributed by atoms with Gasteiger partial charge in [0, 0.05) is 58.0 Å². The first-order valence-corrected chi connectivity index (χ1v) is 8.74. The molecule has 24 heavy (non-hydrogen) atoms. The van der Waals surface area contributed by atoms with Gasteiger partial charge in [-0.15, -0.1) is 0 Å². The zero-order valence-corrected chi connectivity index (χ0v) is 14.4. The van der Waals surface area contributed by atoms with E-state index in [4.69, 9.17) is 9.47 Å². The molecule has 2 aliphatic heterocycles. The number of likely N-dealkylation sites (tertiary alicyclic amines) is 1. The molecule has 1 aromatic rings. The summed E-state index contributed by atoms with van der Waals surface area (Å²) in [5.74, 6) is 0.889. The maximum absolute atomic E-state index is 12.7. The molecule has 1 N–H and O–H groups in total. The number of benzene rings is 1. The Morgan fingerprint density at radius 2 is 1.92 bits per heavy atom. The molecule has 6 nitrogen and oxygen atoms in total. The van der Waals surface area contributed by atoms with Crippen molar-refractivity contribution in [1.82, 2.24) is 15.1 Å². The number of rotatable bonds is 6. The third kappa shape index (κ3) is 4.26. The largest absolute Gasteiger partial charge is 0.491 e. The molecule has 1 aromatic carbocycles. The molecule has 0 radical (unpaired) electrons. The Kier molecular flexibility index (Phi) is 6.07. The normalized spacial score (nSPS) is 21.9. The van der Waals surface area contributed by atoms with Crippen molar-refractivity contribution in [3.8, 4) is 5.75 Å². The second kappa shape index (κ2) is 8.46. The quantitative estimate of drug-likeness (QED) is 0.782. The van der Waals surface area contributed by atoms with Crippen LogP contribution in [0, 0.1) is 0 Å². The van der Waals surface area contributed by atoms with Crippen molar-refractivity contribution in [3.05, 3.63) is 29.8 Å². The summed E-state index contributed by atoms with van der Waals surface area (Å²) in [6.07, 6.45) is 1.07. The van der Waals surface area contributed by atoms with Crippen LogP contribution in [0.2, 0.25) is 0 Å². The highest BCUT2D eigenvalue weighted by Gasteiger charge is 2.31. The lowest BCUT2D eigenvalue weighted by atomic mass is 10.2. The fourth-order valence-corrected chi connectivity index (χ4v) is 3.39. The average molecular weight is 333 g/mol. The number of hydrogen-bond acceptors (Lipinski definition) is 5. The number of carbonyl (C=O) groups excluding carboxylic acids is 1. The van der Waals surface area contributed by atoms with Crippen molar-refractivity contribution in [3.63, 3.8) is 0 Å². The van der Waals surface area contributed by atoms with E-state index >= 15 is 0 Å². The number of methoxy groups -OCH3 is 1. The number of nitrogens with one attached hydrogen (secondary N) is 1. The van der Waals surface area contributed by atoms with Crippen LogP contribution < -0.4 is 10.1 Å². The van der Waals surface area contributed by atoms with Gasteiger partial charge >= 0.3 is 0 Å². The van der Waals surface area contributed by atoms with Crippen molar-refractivity contribution in [2.75, 3.05) is 59.6 Å². The summed E-state index contributed by atoms with van der Waals surface area (Å²) in [5.41, 5.74) is 0.732. The van der Waals surface area contributed by atoms with E-state index in [2.05, 4.69) is 10.2 Å². The van der Waals surface area contributed by atoms with Gasteiger partial charge in [-0.2, -0.15) is 0 Å². The molecule has 2 heterocycles. The molecule has 3 rings (SSSR count). The molecular formula is C18H27N3O3. The van der Waals surface area contributed by atoms with Gasteiger partial charge in [-0.1, -0.05) is 0 Å². The average Bonchev–Trinajstić information content (AvgIpc) is 3.13. The van der Waals surface area contributed by atoms with E-state index in [0.29, 0.717) is 19.3 Å². The molecule has 132 valence electrons. The molecule has 0 bridgehead atoms. The van der Waals surface area contributed by atoms with E-state index in [1.54, 1.807) is 7.11 Å². The molecular weight excluding hydrogens is 306 g/mol. The first-order valence-electron chi connectivity index (χ1n) is 8.74. The number of hydrogen-bond donors (Lipinski definition) is 1. The van der Waals surface area contributed by atoms with Crippen LogP contribution in [-0.2, 0) is 4.74 Å². The van der Waals surface area contributed by atoms with Crippen LogP contribution in [-0.4, -0.2) is 81.3 Å². The Balaban J connectivity index is 1.52. The van der Waals surface area contributed by atoms with Gasteiger partial charge in [-0.05, 0) is 30.7 Å². The van der Waals surface area contributed by atoms with E-state index in [1.807, 2.05) is 29.2 Å². The van der Waals surface area contributed by atoms with Gasteiger partial charge in [0.05, 0.1) is 6.61 Å². The smallest absolute Gasteiger partial charge is 0.253 e. The summed E-state index contributed by atoms with van der Waals surface area (Å²) < 4.78 is 10.5. The van der Waals surface area contributed by atoms with Crippen LogP contribution in [0.3, 0.4) is 0 Å². The SMILES string of the molecule is COCCOc1ccc(C(=O)N2CCC(N3CCNCC3)C2)cc1. The zero-order valence-electron chi connectivity index (χ0n) is 14.4. The summed E-state index contributed by atoms with van der Waals surface area (Å²) >= 11 is 0. The Morgan fingerprint density at radius 1 is 1.17 bits per heavy atom. The molecule has 2 saturated heterocycles. The summed E-state index contributed by atoms with van der Waals surface area (Å²) in [7, 11) is 1.65. The predicted octanol–water partition coefficient (Wildman–Crippen LogP) is 0.832. The van der Waals surface area contributed by atoms with E-state index in [0.717, 1.165) is 57.0 Å². The highest BCUT2D eigenvalue weighted by atomic mass is 16.5. The lowest BCUT2D eigenvalue weighted by Gasteiger charge is -2.32. The van der Waals surface area contributed by atoms with Crippen molar-refractivity contribution in [2.24, 2.45) is 0 Å². The Labute approximate surface area is 143 Å². The number of ether oxygens (including phenoxy) is 2. The summed E-state index contributed by atoms with van der Waals surface area (Å²) in [5, 5.41) is 3.38. The first kappa shape index (κ1) is 17.2. The van der Waals surface area contributed by atoms with Crippen LogP contribution in [0.1, 0.15) is 16.8 Å². The number of carbonyl (C=O) groups is 1. The molecule has 2 aliphatic rings. The molecule has 1 amide bonds. The third-order valence-corrected chi connectivity index (χ3v) is 4.78. The third-order valence-electron chi connectivity index (χ3n) is 4.78. The fraction of sp³-hybridized carbons (Fsp3) is 0.611. The highest BCUT2D eigenvalue weighted by Crippen LogP contribution is 2.20. The molecule has 2 fully saturated rings. The van der Waals surface area contributed by atoms with Gasteiger partial charge in [0.2, 0.25) is 0 Å². The molecule has 1 atom stereocenters. The van der Waals surface area contributed by atoms with Crippen molar-refractivity contribution in [1.29, 1.82) is 0 Å². The van der Waals surface area contributed by atoms with Gasteiger partial charge in [-0.3, -0.25) is 9.69 Å². The van der Waals surface area contributed by atoms with Crippen LogP contribution in [0.25, 0.3) is 0 Å². The Bertz CT molecular complexity index is 529. The molecule has 0 saturated carbocycles. The number of piperazine rings is 1. The van der Waals surface area contributed by atoms with Gasteiger partial charge < -0.3 is 19.7 Å². The second-order valence-electron chi connectivity index (χ2n) is 6.35. The van der Waals surface area contributed by atoms with E-state index in [1.165, 1.54) is 0 Å². The minimum Gasteiger partial charge on any atom is -0.491 e. The zero-order chi connectivity index (χ0) is 16.8. The standard InChI is InChI=1S/C18H27N3O3/c1-23-12-13-24-17-4-2-15(3-5-17)18(22)21-9-6-16(14-21)20-10-7-19-8-11-20/h2-5,16,19H,6-14H2,1H3. The lowest BCUT2D eigenvalue weighted by molar-refractivity contribution is 0.0773. The highest BCUT2D eigenvalue weighted by molar-refractivity contribution is 5.94. The van der Waals surface area contributed by atoms with Crippen LogP contribution in [0.5, 0.6) is 5.75 Å². The van der Waals surface area contributed by atoms with Gasteiger partial charge in [0.1, 0.15) is 12.4 Å². The topological polar surface area (TPSA) is 54.0 Å². The van der Waals surface area contributed by atoms with Gasteiger partial charge in [-0.25, -0.2) is 0 Å². The summed E-state index contributed by atoms with van der Waals surface area (Å²) in [6, 6.07) is 7.91. The second-order valence-corrected chi connectivity index (χ2v) is 6.35. The predicted molar refractivity (Wildman–Crippen MR) is 92.6 cm³/mol. The molecule has 0 aliphatic carbocycles. The monoisotopic (exact) mass is 333 g/mol.